The minimum atomic E-state index is 0.699. The zero-order valence-electron chi connectivity index (χ0n) is 11.8. The molecule has 0 spiro atoms. The third kappa shape index (κ3) is 5.44. The van der Waals surface area contributed by atoms with Crippen molar-refractivity contribution in [3.05, 3.63) is 24.3 Å². The predicted molar refractivity (Wildman–Crippen MR) is 83.1 cm³/mol. The molecule has 0 saturated carbocycles. The summed E-state index contributed by atoms with van der Waals surface area (Å²) in [6, 6.07) is 7.81. The Balaban J connectivity index is 2.42. The zero-order chi connectivity index (χ0) is 14.1. The van der Waals surface area contributed by atoms with Crippen molar-refractivity contribution in [1.82, 2.24) is 5.32 Å². The summed E-state index contributed by atoms with van der Waals surface area (Å²) in [6.07, 6.45) is 0.944. The molecule has 5 heteroatoms. The second kappa shape index (κ2) is 8.72. The van der Waals surface area contributed by atoms with Crippen LogP contribution in [-0.2, 0) is 4.74 Å². The molecule has 1 aromatic rings. The molecule has 0 fully saturated rings. The Hall–Kier alpha value is -1.33. The number of nitrogens with zero attached hydrogens (tertiary/aromatic N) is 1. The lowest BCUT2D eigenvalue weighted by Gasteiger charge is -2.21. The molecule has 0 unspecified atom stereocenters. The highest BCUT2D eigenvalue weighted by Crippen LogP contribution is 2.19. The van der Waals surface area contributed by atoms with Crippen molar-refractivity contribution in [3.8, 4) is 5.75 Å². The number of nitrogens with one attached hydrogen (secondary N) is 1. The fraction of sp³-hybridized carbons (Fsp3) is 0.500. The summed E-state index contributed by atoms with van der Waals surface area (Å²) in [4.78, 5) is 1.93. The average molecular weight is 282 g/mol. The van der Waals surface area contributed by atoms with Gasteiger partial charge in [-0.25, -0.2) is 0 Å². The lowest BCUT2D eigenvalue weighted by Crippen LogP contribution is -2.37. The van der Waals surface area contributed by atoms with Crippen molar-refractivity contribution >= 4 is 23.0 Å². The van der Waals surface area contributed by atoms with Crippen LogP contribution in [0.5, 0.6) is 5.75 Å². The normalized spacial score (nSPS) is 10.1. The number of hydrogen-bond acceptors (Lipinski definition) is 3. The van der Waals surface area contributed by atoms with E-state index in [9.17, 15) is 0 Å². The molecule has 0 saturated heterocycles. The summed E-state index contributed by atoms with van der Waals surface area (Å²) in [5.74, 6) is 0.823. The molecule has 1 rings (SSSR count). The third-order valence-corrected chi connectivity index (χ3v) is 3.11. The van der Waals surface area contributed by atoms with Crippen molar-refractivity contribution in [3.63, 3.8) is 0 Å². The maximum atomic E-state index is 5.35. The molecule has 0 heterocycles. The molecule has 0 radical (unpaired) electrons. The maximum absolute atomic E-state index is 5.35. The number of rotatable bonds is 7. The largest absolute Gasteiger partial charge is 0.497 e. The molecule has 0 amide bonds. The Bertz CT molecular complexity index is 399. The van der Waals surface area contributed by atoms with Gasteiger partial charge in [0.1, 0.15) is 5.75 Å². The van der Waals surface area contributed by atoms with E-state index < -0.39 is 0 Å². The van der Waals surface area contributed by atoms with E-state index in [-0.39, 0.29) is 0 Å². The standard InChI is InChI=1S/C14H22N2O2S/c1-4-18-10-6-9-15-14(19)16(2)12-7-5-8-13(11-12)17-3/h5,7-8,11H,4,6,9-10H2,1-3H3,(H,15,19). The third-order valence-electron chi connectivity index (χ3n) is 2.69. The van der Waals surface area contributed by atoms with Gasteiger partial charge in [0, 0.05) is 38.6 Å². The Morgan fingerprint density at radius 2 is 2.21 bits per heavy atom. The van der Waals surface area contributed by atoms with Crippen LogP contribution in [-0.4, -0.2) is 39.0 Å². The van der Waals surface area contributed by atoms with Crippen molar-refractivity contribution in [1.29, 1.82) is 0 Å². The summed E-state index contributed by atoms with van der Waals surface area (Å²) in [5, 5.41) is 3.91. The van der Waals surface area contributed by atoms with E-state index in [1.807, 2.05) is 43.1 Å². The van der Waals surface area contributed by atoms with Crippen molar-refractivity contribution in [2.75, 3.05) is 38.8 Å². The van der Waals surface area contributed by atoms with Gasteiger partial charge in [-0.05, 0) is 37.7 Å². The fourth-order valence-electron chi connectivity index (χ4n) is 1.57. The van der Waals surface area contributed by atoms with E-state index >= 15 is 0 Å². The van der Waals surface area contributed by atoms with E-state index in [1.54, 1.807) is 7.11 Å². The number of anilines is 1. The van der Waals surface area contributed by atoms with Gasteiger partial charge in [0.25, 0.3) is 0 Å². The number of thiocarbonyl (C=S) groups is 1. The Kier molecular flexibility index (Phi) is 7.22. The lowest BCUT2D eigenvalue weighted by molar-refractivity contribution is 0.146. The Morgan fingerprint density at radius 3 is 2.89 bits per heavy atom. The van der Waals surface area contributed by atoms with Gasteiger partial charge >= 0.3 is 0 Å². The smallest absolute Gasteiger partial charge is 0.173 e. The van der Waals surface area contributed by atoms with Crippen LogP contribution in [0.15, 0.2) is 24.3 Å². The van der Waals surface area contributed by atoms with Crippen LogP contribution in [0.1, 0.15) is 13.3 Å². The molecular weight excluding hydrogens is 260 g/mol. The van der Waals surface area contributed by atoms with Crippen molar-refractivity contribution in [2.45, 2.75) is 13.3 Å². The quantitative estimate of drug-likeness (QED) is 0.613. The first kappa shape index (κ1) is 15.7. The van der Waals surface area contributed by atoms with Gasteiger partial charge in [-0.15, -0.1) is 0 Å². The molecule has 0 bridgehead atoms. The molecule has 19 heavy (non-hydrogen) atoms. The summed E-state index contributed by atoms with van der Waals surface area (Å²) in [6.45, 7) is 4.32. The monoisotopic (exact) mass is 282 g/mol. The molecule has 1 aromatic carbocycles. The first-order valence-corrected chi connectivity index (χ1v) is 6.83. The van der Waals surface area contributed by atoms with Gasteiger partial charge in [-0.1, -0.05) is 6.07 Å². The highest BCUT2D eigenvalue weighted by atomic mass is 32.1. The van der Waals surface area contributed by atoms with Gasteiger partial charge in [0.05, 0.1) is 7.11 Å². The number of hydrogen-bond donors (Lipinski definition) is 1. The van der Waals surface area contributed by atoms with Gasteiger partial charge in [0.15, 0.2) is 5.11 Å². The maximum Gasteiger partial charge on any atom is 0.173 e. The molecule has 0 aliphatic heterocycles. The van der Waals surface area contributed by atoms with Crippen molar-refractivity contribution < 1.29 is 9.47 Å². The topological polar surface area (TPSA) is 33.7 Å². The van der Waals surface area contributed by atoms with E-state index in [4.69, 9.17) is 21.7 Å². The van der Waals surface area contributed by atoms with Crippen LogP contribution in [0.2, 0.25) is 0 Å². The Morgan fingerprint density at radius 1 is 1.42 bits per heavy atom. The highest BCUT2D eigenvalue weighted by Gasteiger charge is 2.06. The van der Waals surface area contributed by atoms with Crippen LogP contribution in [0, 0.1) is 0 Å². The molecule has 0 atom stereocenters. The van der Waals surface area contributed by atoms with Crippen LogP contribution in [0.4, 0.5) is 5.69 Å². The molecule has 106 valence electrons. The van der Waals surface area contributed by atoms with Crippen LogP contribution in [0.25, 0.3) is 0 Å². The SMILES string of the molecule is CCOCCCNC(=S)N(C)c1cccc(OC)c1. The molecule has 4 nitrogen and oxygen atoms in total. The molecule has 0 aliphatic carbocycles. The molecular formula is C14H22N2O2S. The summed E-state index contributed by atoms with van der Waals surface area (Å²) >= 11 is 5.35. The first-order chi connectivity index (χ1) is 9.19. The second-order valence-electron chi connectivity index (χ2n) is 4.04. The van der Waals surface area contributed by atoms with E-state index in [2.05, 4.69) is 5.32 Å². The highest BCUT2D eigenvalue weighted by molar-refractivity contribution is 7.80. The average Bonchev–Trinajstić information content (AvgIpc) is 2.46. The number of methoxy groups -OCH3 is 1. The zero-order valence-corrected chi connectivity index (χ0v) is 12.6. The van der Waals surface area contributed by atoms with Gasteiger partial charge in [-0.2, -0.15) is 0 Å². The molecule has 0 aromatic heterocycles. The van der Waals surface area contributed by atoms with E-state index in [0.717, 1.165) is 37.6 Å². The van der Waals surface area contributed by atoms with Crippen LogP contribution < -0.4 is 15.0 Å². The van der Waals surface area contributed by atoms with E-state index in [0.29, 0.717) is 5.11 Å². The molecule has 1 N–H and O–H groups in total. The number of benzene rings is 1. The predicted octanol–water partition coefficient (Wildman–Crippen LogP) is 2.43. The van der Waals surface area contributed by atoms with Gasteiger partial charge < -0.3 is 19.7 Å². The van der Waals surface area contributed by atoms with Crippen LogP contribution in [0.3, 0.4) is 0 Å². The molecule has 0 aliphatic rings. The van der Waals surface area contributed by atoms with Crippen molar-refractivity contribution in [2.24, 2.45) is 0 Å². The van der Waals surface area contributed by atoms with Gasteiger partial charge in [-0.3, -0.25) is 0 Å². The fourth-order valence-corrected chi connectivity index (χ4v) is 1.78. The Labute approximate surface area is 120 Å². The first-order valence-electron chi connectivity index (χ1n) is 6.42. The summed E-state index contributed by atoms with van der Waals surface area (Å²) in [7, 11) is 3.59. The minimum Gasteiger partial charge on any atom is -0.497 e. The second-order valence-corrected chi connectivity index (χ2v) is 4.43. The summed E-state index contributed by atoms with van der Waals surface area (Å²) in [5.41, 5.74) is 1.00. The summed E-state index contributed by atoms with van der Waals surface area (Å²) < 4.78 is 10.5. The lowest BCUT2D eigenvalue weighted by atomic mass is 10.3. The minimum absolute atomic E-state index is 0.699. The van der Waals surface area contributed by atoms with E-state index in [1.165, 1.54) is 0 Å². The van der Waals surface area contributed by atoms with Gasteiger partial charge in [0.2, 0.25) is 0 Å². The number of ether oxygens (including phenoxy) is 2. The van der Waals surface area contributed by atoms with Crippen LogP contribution >= 0.6 is 12.2 Å².